The second kappa shape index (κ2) is 4.48. The highest BCUT2D eigenvalue weighted by Gasteiger charge is 2.28. The van der Waals surface area contributed by atoms with Crippen LogP contribution in [-0.4, -0.2) is 19.3 Å². The van der Waals surface area contributed by atoms with Crippen LogP contribution in [0.3, 0.4) is 0 Å². The number of rotatable bonds is 3. The maximum atomic E-state index is 9.87. The van der Waals surface area contributed by atoms with E-state index in [1.807, 2.05) is 6.92 Å². The molecule has 2 atom stereocenters. The molecule has 0 amide bonds. The third-order valence-corrected chi connectivity index (χ3v) is 4.12. The van der Waals surface area contributed by atoms with Crippen molar-refractivity contribution in [1.82, 2.24) is 0 Å². The van der Waals surface area contributed by atoms with E-state index < -0.39 is 14.2 Å². The van der Waals surface area contributed by atoms with Gasteiger partial charge in [0, 0.05) is 5.92 Å². The fourth-order valence-electron chi connectivity index (χ4n) is 1.15. The van der Waals surface area contributed by atoms with Gasteiger partial charge in [-0.25, -0.2) is 0 Å². The average Bonchev–Trinajstić information content (AvgIpc) is 2.01. The van der Waals surface area contributed by atoms with E-state index >= 15 is 0 Å². The van der Waals surface area contributed by atoms with E-state index in [0.717, 1.165) is 5.20 Å². The molecule has 2 unspecified atom stereocenters. The van der Waals surface area contributed by atoms with Gasteiger partial charge in [-0.3, -0.25) is 0 Å². The minimum absolute atomic E-state index is 0.157. The van der Waals surface area contributed by atoms with Crippen molar-refractivity contribution in [3.8, 4) is 12.3 Å². The van der Waals surface area contributed by atoms with Gasteiger partial charge in [0.2, 0.25) is 0 Å². The van der Waals surface area contributed by atoms with E-state index in [9.17, 15) is 5.11 Å². The molecule has 0 fully saturated rings. The summed E-state index contributed by atoms with van der Waals surface area (Å²) in [6.07, 6.45) is 4.68. The Kier molecular flexibility index (Phi) is 4.22. The minimum atomic E-state index is -1.53. The Morgan fingerprint density at radius 2 is 1.92 bits per heavy atom. The molecule has 13 heavy (non-hydrogen) atoms. The lowest BCUT2D eigenvalue weighted by Crippen LogP contribution is -2.34. The highest BCUT2D eigenvalue weighted by atomic mass is 28.3. The topological polar surface area (TPSA) is 20.2 Å². The summed E-state index contributed by atoms with van der Waals surface area (Å²) in [7, 11) is -1.53. The fraction of sp³-hybridized carbons (Fsp3) is 0.545. The van der Waals surface area contributed by atoms with Crippen LogP contribution >= 0.6 is 0 Å². The molecule has 0 rings (SSSR count). The van der Waals surface area contributed by atoms with Crippen molar-refractivity contribution in [1.29, 1.82) is 0 Å². The molecular weight excluding hydrogens is 176 g/mol. The van der Waals surface area contributed by atoms with Crippen molar-refractivity contribution in [3.63, 3.8) is 0 Å². The van der Waals surface area contributed by atoms with Gasteiger partial charge in [0.25, 0.3) is 0 Å². The number of terminal acetylenes is 1. The monoisotopic (exact) mass is 194 g/mol. The number of aliphatic hydroxyl groups is 1. The Bertz CT molecular complexity index is 261. The van der Waals surface area contributed by atoms with Crippen LogP contribution in [0.25, 0.3) is 0 Å². The van der Waals surface area contributed by atoms with Crippen molar-refractivity contribution in [2.75, 3.05) is 0 Å². The van der Waals surface area contributed by atoms with Gasteiger partial charge in [0.05, 0.1) is 14.2 Å². The maximum Gasteiger partial charge on any atom is 0.0921 e. The predicted molar refractivity (Wildman–Crippen MR) is 60.0 cm³/mol. The largest absolute Gasteiger partial charge is 0.387 e. The molecule has 0 aliphatic rings. The summed E-state index contributed by atoms with van der Waals surface area (Å²) in [6.45, 7) is 11.9. The van der Waals surface area contributed by atoms with Gasteiger partial charge in [-0.05, 0) is 12.1 Å². The van der Waals surface area contributed by atoms with Crippen LogP contribution in [0.1, 0.15) is 6.92 Å². The van der Waals surface area contributed by atoms with Crippen molar-refractivity contribution in [2.45, 2.75) is 32.7 Å². The van der Waals surface area contributed by atoms with E-state index in [1.54, 1.807) is 0 Å². The van der Waals surface area contributed by atoms with E-state index in [-0.39, 0.29) is 5.92 Å². The molecule has 1 nitrogen and oxygen atoms in total. The van der Waals surface area contributed by atoms with Crippen LogP contribution in [0, 0.1) is 18.3 Å². The zero-order valence-electron chi connectivity index (χ0n) is 8.89. The lowest BCUT2D eigenvalue weighted by molar-refractivity contribution is 0.184. The van der Waals surface area contributed by atoms with Crippen LogP contribution in [0.2, 0.25) is 19.6 Å². The standard InChI is InChI=1S/C11H18OSi/c1-7-9(3)11(12)10(8-2)13(4,5)6/h1,9,11-12H,2H2,3-6H3. The third-order valence-electron chi connectivity index (χ3n) is 2.03. The van der Waals surface area contributed by atoms with Gasteiger partial charge in [0.15, 0.2) is 0 Å². The minimum Gasteiger partial charge on any atom is -0.387 e. The number of hydrogen-bond donors (Lipinski definition) is 1. The van der Waals surface area contributed by atoms with Crippen LogP contribution in [0.5, 0.6) is 0 Å². The highest BCUT2D eigenvalue weighted by molar-refractivity contribution is 6.83. The van der Waals surface area contributed by atoms with Crippen LogP contribution in [-0.2, 0) is 0 Å². The summed E-state index contributed by atoms with van der Waals surface area (Å²) in [4.78, 5) is 0. The normalized spacial score (nSPS) is 15.4. The van der Waals surface area contributed by atoms with Crippen LogP contribution in [0.15, 0.2) is 17.5 Å². The summed E-state index contributed by atoms with van der Waals surface area (Å²) in [5.41, 5.74) is 2.84. The molecule has 0 saturated carbocycles. The number of aliphatic hydroxyl groups excluding tert-OH is 1. The van der Waals surface area contributed by atoms with Crippen molar-refractivity contribution >= 4 is 8.07 Å². The van der Waals surface area contributed by atoms with Gasteiger partial charge < -0.3 is 5.11 Å². The Morgan fingerprint density at radius 1 is 1.46 bits per heavy atom. The summed E-state index contributed by atoms with van der Waals surface area (Å²) >= 11 is 0. The van der Waals surface area contributed by atoms with E-state index in [2.05, 4.69) is 37.9 Å². The molecule has 0 radical (unpaired) electrons. The Labute approximate surface area is 82.2 Å². The molecule has 0 bridgehead atoms. The summed E-state index contributed by atoms with van der Waals surface area (Å²) in [6, 6.07) is 0. The summed E-state index contributed by atoms with van der Waals surface area (Å²) in [5.74, 6) is 2.38. The Balaban J connectivity index is 4.86. The first kappa shape index (κ1) is 12.3. The van der Waals surface area contributed by atoms with Gasteiger partial charge >= 0.3 is 0 Å². The predicted octanol–water partition coefficient (Wildman–Crippen LogP) is 2.21. The van der Waals surface area contributed by atoms with Gasteiger partial charge in [0.1, 0.15) is 0 Å². The molecule has 0 heterocycles. The Hall–Kier alpha value is -0.743. The molecule has 1 N–H and O–H groups in total. The molecule has 0 aromatic heterocycles. The SMILES string of the molecule is C#CC(C)C(O)C(=C=C)[Si](C)(C)C. The van der Waals surface area contributed by atoms with Crippen molar-refractivity contribution < 1.29 is 5.11 Å². The zero-order valence-corrected chi connectivity index (χ0v) is 9.89. The maximum absolute atomic E-state index is 9.87. The molecule has 0 spiro atoms. The smallest absolute Gasteiger partial charge is 0.0921 e. The second-order valence-electron chi connectivity index (χ2n) is 4.24. The summed E-state index contributed by atoms with van der Waals surface area (Å²) < 4.78 is 0. The molecule has 0 aromatic rings. The molecule has 0 aliphatic heterocycles. The highest BCUT2D eigenvalue weighted by Crippen LogP contribution is 2.21. The van der Waals surface area contributed by atoms with Gasteiger partial charge in [-0.2, -0.15) is 0 Å². The summed E-state index contributed by atoms with van der Waals surface area (Å²) in [5, 5.41) is 10.8. The number of hydrogen-bond acceptors (Lipinski definition) is 1. The lowest BCUT2D eigenvalue weighted by atomic mass is 10.1. The van der Waals surface area contributed by atoms with E-state index in [1.165, 1.54) is 0 Å². The quantitative estimate of drug-likeness (QED) is 0.415. The molecular formula is C11H18OSi. The fourth-order valence-corrected chi connectivity index (χ4v) is 2.82. The van der Waals surface area contributed by atoms with Crippen LogP contribution in [0.4, 0.5) is 0 Å². The van der Waals surface area contributed by atoms with Gasteiger partial charge in [-0.15, -0.1) is 18.1 Å². The van der Waals surface area contributed by atoms with Crippen LogP contribution < -0.4 is 0 Å². The molecule has 0 aromatic carbocycles. The zero-order chi connectivity index (χ0) is 10.6. The van der Waals surface area contributed by atoms with Crippen molar-refractivity contribution in [2.24, 2.45) is 5.92 Å². The first-order valence-corrected chi connectivity index (χ1v) is 7.89. The van der Waals surface area contributed by atoms with Crippen molar-refractivity contribution in [3.05, 3.63) is 17.5 Å². The lowest BCUT2D eigenvalue weighted by Gasteiger charge is -2.25. The third kappa shape index (κ3) is 3.24. The molecule has 72 valence electrons. The second-order valence-corrected chi connectivity index (χ2v) is 9.28. The van der Waals surface area contributed by atoms with Gasteiger partial charge in [-0.1, -0.05) is 26.2 Å². The molecule has 0 saturated heterocycles. The first-order valence-electron chi connectivity index (χ1n) is 4.39. The molecule has 2 heteroatoms. The first-order chi connectivity index (χ1) is 5.84. The average molecular weight is 194 g/mol. The van der Waals surface area contributed by atoms with E-state index in [0.29, 0.717) is 0 Å². The Morgan fingerprint density at radius 3 is 2.15 bits per heavy atom. The van der Waals surface area contributed by atoms with E-state index in [4.69, 9.17) is 6.42 Å². The molecule has 0 aliphatic carbocycles.